The highest BCUT2D eigenvalue weighted by Gasteiger charge is 2.03. The van der Waals surface area contributed by atoms with E-state index < -0.39 is 0 Å². The van der Waals surface area contributed by atoms with Crippen molar-refractivity contribution in [2.24, 2.45) is 0 Å². The average molecular weight is 419 g/mol. The number of hydrogen-bond acceptors (Lipinski definition) is 3. The molecule has 6 heteroatoms. The monoisotopic (exact) mass is 417 g/mol. The van der Waals surface area contributed by atoms with Crippen molar-refractivity contribution in [1.82, 2.24) is 5.32 Å². The molecule has 0 saturated heterocycles. The lowest BCUT2D eigenvalue weighted by atomic mass is 10.2. The van der Waals surface area contributed by atoms with E-state index in [0.717, 1.165) is 37.4 Å². The molecule has 0 radical (unpaired) electrons. The van der Waals surface area contributed by atoms with Crippen molar-refractivity contribution >= 4 is 35.6 Å². The first-order valence-corrected chi connectivity index (χ1v) is 9.28. The highest BCUT2D eigenvalue weighted by Crippen LogP contribution is 2.23. The molecule has 26 heavy (non-hydrogen) atoms. The Morgan fingerprint density at radius 2 is 1.88 bits per heavy atom. The number of benzene rings is 2. The Bertz CT molecular complexity index is 665. The van der Waals surface area contributed by atoms with Crippen molar-refractivity contribution in [3.05, 3.63) is 63.6 Å². The molecule has 0 aromatic heterocycles. The quantitative estimate of drug-likeness (QED) is 0.487. The fourth-order valence-corrected chi connectivity index (χ4v) is 2.76. The number of ether oxygens (including phenoxy) is 2. The Balaban J connectivity index is 0.00000338. The summed E-state index contributed by atoms with van der Waals surface area (Å²) in [7, 11) is 0. The lowest BCUT2D eigenvalue weighted by Gasteiger charge is -2.11. The molecule has 0 saturated carbocycles. The van der Waals surface area contributed by atoms with E-state index >= 15 is 0 Å². The van der Waals surface area contributed by atoms with Gasteiger partial charge in [-0.3, -0.25) is 0 Å². The normalized spacial score (nSPS) is 10.7. The van der Waals surface area contributed by atoms with E-state index in [2.05, 4.69) is 25.2 Å². The van der Waals surface area contributed by atoms with Crippen LogP contribution in [0.25, 0.3) is 0 Å². The predicted molar refractivity (Wildman–Crippen MR) is 112 cm³/mol. The smallest absolute Gasteiger partial charge is 0.120 e. The summed E-state index contributed by atoms with van der Waals surface area (Å²) in [6.07, 6.45) is 1.30. The summed E-state index contributed by atoms with van der Waals surface area (Å²) in [5.41, 5.74) is 2.10. The van der Waals surface area contributed by atoms with Gasteiger partial charge in [0.1, 0.15) is 12.4 Å². The van der Waals surface area contributed by atoms with E-state index in [1.165, 1.54) is 5.56 Å². The van der Waals surface area contributed by atoms with Crippen LogP contribution in [0.3, 0.4) is 0 Å². The van der Waals surface area contributed by atoms with Crippen LogP contribution in [0.1, 0.15) is 31.4 Å². The minimum Gasteiger partial charge on any atom is -0.489 e. The lowest BCUT2D eigenvalue weighted by molar-refractivity contribution is 0.0770. The van der Waals surface area contributed by atoms with Gasteiger partial charge in [0, 0.05) is 28.8 Å². The Morgan fingerprint density at radius 1 is 1.08 bits per heavy atom. The van der Waals surface area contributed by atoms with Crippen LogP contribution >= 0.6 is 35.6 Å². The average Bonchev–Trinajstić information content (AvgIpc) is 2.57. The summed E-state index contributed by atoms with van der Waals surface area (Å²) < 4.78 is 11.4. The molecule has 2 aromatic carbocycles. The molecule has 0 aliphatic heterocycles. The van der Waals surface area contributed by atoms with E-state index in [1.54, 1.807) is 6.07 Å². The van der Waals surface area contributed by atoms with Crippen LogP contribution < -0.4 is 10.1 Å². The summed E-state index contributed by atoms with van der Waals surface area (Å²) in [5, 5.41) is 4.67. The minimum absolute atomic E-state index is 0. The van der Waals surface area contributed by atoms with E-state index in [9.17, 15) is 0 Å². The molecule has 2 rings (SSSR count). The van der Waals surface area contributed by atoms with Crippen molar-refractivity contribution < 1.29 is 9.47 Å². The van der Waals surface area contributed by atoms with E-state index in [0.29, 0.717) is 22.8 Å². The Hall–Kier alpha value is -0.970. The van der Waals surface area contributed by atoms with Gasteiger partial charge in [0.2, 0.25) is 0 Å². The first-order chi connectivity index (χ1) is 12.0. The third kappa shape index (κ3) is 8.61. The lowest BCUT2D eigenvalue weighted by Crippen LogP contribution is -2.17. The highest BCUT2D eigenvalue weighted by atomic mass is 35.5. The van der Waals surface area contributed by atoms with E-state index in [1.807, 2.05) is 30.3 Å². The molecule has 1 N–H and O–H groups in total. The molecule has 0 aliphatic rings. The summed E-state index contributed by atoms with van der Waals surface area (Å²) in [5.74, 6) is 0.827. The van der Waals surface area contributed by atoms with Crippen LogP contribution in [0.15, 0.2) is 42.5 Å². The number of nitrogens with one attached hydrogen (secondary N) is 1. The number of rotatable bonds is 10. The second-order valence-electron chi connectivity index (χ2n) is 6.12. The standard InChI is InChI=1S/C20H25Cl2NO2.ClH/c1-15(2)24-10-4-9-23-13-16-5-3-6-19(11-16)25-14-17-7-8-18(21)12-20(17)22;/h3,5-8,11-12,15,23H,4,9-10,13-14H2,1-2H3;1H. The fraction of sp³-hybridized carbons (Fsp3) is 0.400. The summed E-state index contributed by atoms with van der Waals surface area (Å²) >= 11 is 12.1. The third-order valence-corrected chi connectivity index (χ3v) is 4.17. The molecule has 0 spiro atoms. The van der Waals surface area contributed by atoms with Crippen molar-refractivity contribution in [3.63, 3.8) is 0 Å². The van der Waals surface area contributed by atoms with Crippen LogP contribution in [-0.2, 0) is 17.9 Å². The van der Waals surface area contributed by atoms with Crippen LogP contribution in [0.4, 0.5) is 0 Å². The molecular formula is C20H26Cl3NO2. The van der Waals surface area contributed by atoms with Crippen LogP contribution in [0.5, 0.6) is 5.75 Å². The van der Waals surface area contributed by atoms with Crippen molar-refractivity contribution in [1.29, 1.82) is 0 Å². The summed E-state index contributed by atoms with van der Waals surface area (Å²) in [6, 6.07) is 13.5. The zero-order valence-electron chi connectivity index (χ0n) is 15.1. The van der Waals surface area contributed by atoms with Gasteiger partial charge in [0.05, 0.1) is 6.10 Å². The van der Waals surface area contributed by atoms with Gasteiger partial charge in [-0.05, 0) is 56.6 Å². The molecule has 144 valence electrons. The second-order valence-corrected chi connectivity index (χ2v) is 6.97. The van der Waals surface area contributed by atoms with Gasteiger partial charge >= 0.3 is 0 Å². The molecule has 2 aromatic rings. The minimum atomic E-state index is 0. The Labute approximate surface area is 172 Å². The van der Waals surface area contributed by atoms with Gasteiger partial charge < -0.3 is 14.8 Å². The summed E-state index contributed by atoms with van der Waals surface area (Å²) in [4.78, 5) is 0. The molecule has 0 fully saturated rings. The van der Waals surface area contributed by atoms with Crippen molar-refractivity contribution in [3.8, 4) is 5.75 Å². The van der Waals surface area contributed by atoms with Gasteiger partial charge in [0.25, 0.3) is 0 Å². The van der Waals surface area contributed by atoms with Crippen LogP contribution in [0.2, 0.25) is 10.0 Å². The largest absolute Gasteiger partial charge is 0.489 e. The maximum Gasteiger partial charge on any atom is 0.120 e. The maximum absolute atomic E-state index is 6.17. The van der Waals surface area contributed by atoms with Crippen molar-refractivity contribution in [2.75, 3.05) is 13.2 Å². The Morgan fingerprint density at radius 3 is 2.62 bits per heavy atom. The first-order valence-electron chi connectivity index (χ1n) is 8.52. The zero-order chi connectivity index (χ0) is 18.1. The molecule has 0 heterocycles. The summed E-state index contributed by atoms with van der Waals surface area (Å²) in [6.45, 7) is 7.04. The van der Waals surface area contributed by atoms with Gasteiger partial charge in [0.15, 0.2) is 0 Å². The first kappa shape index (κ1) is 23.1. The second kappa shape index (κ2) is 12.4. The predicted octanol–water partition coefficient (Wildman–Crippen LogP) is 5.90. The van der Waals surface area contributed by atoms with E-state index in [4.69, 9.17) is 32.7 Å². The number of hydrogen-bond donors (Lipinski definition) is 1. The molecule has 0 aliphatic carbocycles. The Kier molecular flexibility index (Phi) is 11.0. The third-order valence-electron chi connectivity index (χ3n) is 3.59. The fourth-order valence-electron chi connectivity index (χ4n) is 2.29. The molecule has 0 amide bonds. The van der Waals surface area contributed by atoms with Crippen molar-refractivity contribution in [2.45, 2.75) is 39.5 Å². The SMILES string of the molecule is CC(C)OCCCNCc1cccc(OCc2ccc(Cl)cc2Cl)c1.Cl. The maximum atomic E-state index is 6.17. The van der Waals surface area contributed by atoms with Gasteiger partial charge in [-0.1, -0.05) is 41.4 Å². The van der Waals surface area contributed by atoms with Gasteiger partial charge in [-0.2, -0.15) is 0 Å². The van der Waals surface area contributed by atoms with Gasteiger partial charge in [-0.15, -0.1) is 12.4 Å². The zero-order valence-corrected chi connectivity index (χ0v) is 17.5. The van der Waals surface area contributed by atoms with Gasteiger partial charge in [-0.25, -0.2) is 0 Å². The van der Waals surface area contributed by atoms with Crippen LogP contribution in [-0.4, -0.2) is 19.3 Å². The molecule has 0 atom stereocenters. The molecule has 0 bridgehead atoms. The highest BCUT2D eigenvalue weighted by molar-refractivity contribution is 6.35. The number of halogens is 3. The molecule has 3 nitrogen and oxygen atoms in total. The van der Waals surface area contributed by atoms with Crippen LogP contribution in [0, 0.1) is 0 Å². The molecule has 0 unspecified atom stereocenters. The van der Waals surface area contributed by atoms with E-state index in [-0.39, 0.29) is 12.4 Å². The topological polar surface area (TPSA) is 30.5 Å². The molecular weight excluding hydrogens is 393 g/mol.